The molecule has 1 N–H and O–H groups in total. The Morgan fingerprint density at radius 2 is 1.82 bits per heavy atom. The fourth-order valence-electron chi connectivity index (χ4n) is 2.11. The molecule has 0 bridgehead atoms. The average molecular weight is 308 g/mol. The minimum atomic E-state index is -0.100. The molecule has 1 aliphatic rings. The summed E-state index contributed by atoms with van der Waals surface area (Å²) in [6.07, 6.45) is 1.89. The van der Waals surface area contributed by atoms with Crippen molar-refractivity contribution in [2.45, 2.75) is 13.8 Å². The molecule has 0 spiro atoms. The molecule has 0 unspecified atom stereocenters. The lowest BCUT2D eigenvalue weighted by Gasteiger charge is -1.97. The van der Waals surface area contributed by atoms with Crippen LogP contribution in [-0.4, -0.2) is 11.1 Å². The van der Waals surface area contributed by atoms with Crippen molar-refractivity contribution in [1.82, 2.24) is 5.32 Å². The first-order chi connectivity index (χ1) is 10.6. The molecule has 2 aromatic carbocycles. The molecule has 1 aliphatic heterocycles. The number of hydrogen-bond acceptors (Lipinski definition) is 3. The van der Waals surface area contributed by atoms with Crippen LogP contribution in [0, 0.1) is 13.8 Å². The van der Waals surface area contributed by atoms with Crippen LogP contribution in [0.2, 0.25) is 0 Å². The zero-order valence-corrected chi connectivity index (χ0v) is 13.3. The lowest BCUT2D eigenvalue weighted by molar-refractivity contribution is -0.115. The van der Waals surface area contributed by atoms with Crippen molar-refractivity contribution < 1.29 is 4.79 Å². The van der Waals surface area contributed by atoms with Crippen molar-refractivity contribution in [3.8, 4) is 0 Å². The number of amides is 1. The number of aryl methyl sites for hydroxylation is 2. The van der Waals surface area contributed by atoms with E-state index in [2.05, 4.69) is 10.3 Å². The lowest BCUT2D eigenvalue weighted by Crippen LogP contribution is -2.19. The van der Waals surface area contributed by atoms with Crippen LogP contribution in [0.4, 0.5) is 5.69 Å². The summed E-state index contributed by atoms with van der Waals surface area (Å²) >= 11 is 1.37. The molecule has 3 rings (SSSR count). The molecule has 1 amide bonds. The fraction of sp³-hybridized carbons (Fsp3) is 0.111. The van der Waals surface area contributed by atoms with Gasteiger partial charge in [-0.2, -0.15) is 0 Å². The molecule has 0 radical (unpaired) electrons. The Morgan fingerprint density at radius 1 is 1.05 bits per heavy atom. The minimum Gasteiger partial charge on any atom is -0.300 e. The third-order valence-electron chi connectivity index (χ3n) is 3.26. The van der Waals surface area contributed by atoms with Gasteiger partial charge in [0.25, 0.3) is 5.91 Å². The van der Waals surface area contributed by atoms with Crippen LogP contribution < -0.4 is 5.32 Å². The Hall–Kier alpha value is -2.33. The van der Waals surface area contributed by atoms with Crippen LogP contribution >= 0.6 is 11.8 Å². The van der Waals surface area contributed by atoms with Gasteiger partial charge in [-0.3, -0.25) is 4.79 Å². The van der Waals surface area contributed by atoms with Gasteiger partial charge in [-0.1, -0.05) is 42.0 Å². The molecule has 1 saturated heterocycles. The highest BCUT2D eigenvalue weighted by Gasteiger charge is 2.23. The smallest absolute Gasteiger partial charge is 0.264 e. The number of carbonyl (C=O) groups excluding carboxylic acids is 1. The topological polar surface area (TPSA) is 41.5 Å². The van der Waals surface area contributed by atoms with Crippen LogP contribution in [0.5, 0.6) is 0 Å². The number of rotatable bonds is 2. The van der Waals surface area contributed by atoms with E-state index in [1.807, 2.05) is 68.5 Å². The van der Waals surface area contributed by atoms with E-state index >= 15 is 0 Å². The van der Waals surface area contributed by atoms with Crippen LogP contribution in [-0.2, 0) is 4.79 Å². The van der Waals surface area contributed by atoms with E-state index in [0.717, 1.165) is 16.8 Å². The van der Waals surface area contributed by atoms with E-state index in [-0.39, 0.29) is 5.91 Å². The highest BCUT2D eigenvalue weighted by molar-refractivity contribution is 8.18. The summed E-state index contributed by atoms with van der Waals surface area (Å²) in [5.74, 6) is -0.100. The maximum absolute atomic E-state index is 12.0. The Balaban J connectivity index is 1.82. The molecule has 2 aromatic rings. The highest BCUT2D eigenvalue weighted by atomic mass is 32.2. The third kappa shape index (κ3) is 3.46. The first-order valence-electron chi connectivity index (χ1n) is 7.03. The van der Waals surface area contributed by atoms with Crippen molar-refractivity contribution in [2.75, 3.05) is 0 Å². The number of nitrogens with zero attached hydrogens (tertiary/aromatic N) is 1. The molecule has 22 heavy (non-hydrogen) atoms. The van der Waals surface area contributed by atoms with Gasteiger partial charge in [0.15, 0.2) is 5.17 Å². The van der Waals surface area contributed by atoms with Gasteiger partial charge in [-0.25, -0.2) is 4.99 Å². The van der Waals surface area contributed by atoms with Crippen LogP contribution in [0.3, 0.4) is 0 Å². The van der Waals surface area contributed by atoms with E-state index in [0.29, 0.717) is 10.1 Å². The van der Waals surface area contributed by atoms with Gasteiger partial charge < -0.3 is 5.32 Å². The maximum Gasteiger partial charge on any atom is 0.264 e. The second-order valence-electron chi connectivity index (χ2n) is 5.23. The number of carbonyl (C=O) groups is 1. The second-order valence-corrected chi connectivity index (χ2v) is 6.26. The van der Waals surface area contributed by atoms with E-state index in [1.54, 1.807) is 0 Å². The molecule has 1 heterocycles. The Bertz CT molecular complexity index is 776. The molecule has 0 aromatic heterocycles. The van der Waals surface area contributed by atoms with E-state index < -0.39 is 0 Å². The first-order valence-corrected chi connectivity index (χ1v) is 7.85. The number of hydrogen-bond donors (Lipinski definition) is 1. The predicted molar refractivity (Wildman–Crippen MR) is 93.2 cm³/mol. The van der Waals surface area contributed by atoms with E-state index in [4.69, 9.17) is 0 Å². The van der Waals surface area contributed by atoms with Gasteiger partial charge in [0.1, 0.15) is 0 Å². The molecule has 0 saturated carbocycles. The molecule has 110 valence electrons. The van der Waals surface area contributed by atoms with Crippen molar-refractivity contribution >= 4 is 34.6 Å². The van der Waals surface area contributed by atoms with Crippen molar-refractivity contribution in [1.29, 1.82) is 0 Å². The van der Waals surface area contributed by atoms with Crippen LogP contribution in [0.25, 0.3) is 6.08 Å². The first kappa shape index (κ1) is 14.6. The summed E-state index contributed by atoms with van der Waals surface area (Å²) in [4.78, 5) is 17.2. The molecular formula is C18H16N2OS. The number of amidine groups is 1. The van der Waals surface area contributed by atoms with Crippen LogP contribution in [0.15, 0.2) is 58.4 Å². The lowest BCUT2D eigenvalue weighted by atomic mass is 10.1. The van der Waals surface area contributed by atoms with E-state index in [1.165, 1.54) is 17.3 Å². The predicted octanol–water partition coefficient (Wildman–Crippen LogP) is 4.20. The SMILES string of the molecule is Cc1ccc(/C=C2/SC(=Nc3cccc(C)c3)NC2=O)cc1. The van der Waals surface area contributed by atoms with E-state index in [9.17, 15) is 4.79 Å². The molecule has 0 aliphatic carbocycles. The molecule has 0 atom stereocenters. The van der Waals surface area contributed by atoms with Gasteiger partial charge >= 0.3 is 0 Å². The Labute approximate surface area is 134 Å². The molecule has 1 fully saturated rings. The summed E-state index contributed by atoms with van der Waals surface area (Å²) in [7, 11) is 0. The second kappa shape index (κ2) is 6.20. The monoisotopic (exact) mass is 308 g/mol. The number of aliphatic imine (C=N–C) groups is 1. The van der Waals surface area contributed by atoms with Crippen LogP contribution in [0.1, 0.15) is 16.7 Å². The van der Waals surface area contributed by atoms with Gasteiger partial charge in [-0.05, 0) is 54.9 Å². The summed E-state index contributed by atoms with van der Waals surface area (Å²) in [6, 6.07) is 16.0. The summed E-state index contributed by atoms with van der Waals surface area (Å²) in [6.45, 7) is 4.06. The Kier molecular flexibility index (Phi) is 4.11. The van der Waals surface area contributed by atoms with Gasteiger partial charge in [0.2, 0.25) is 0 Å². The van der Waals surface area contributed by atoms with Crippen molar-refractivity contribution in [3.05, 3.63) is 70.1 Å². The molecule has 4 heteroatoms. The van der Waals surface area contributed by atoms with Gasteiger partial charge in [0, 0.05) is 0 Å². The molecular weight excluding hydrogens is 292 g/mol. The van der Waals surface area contributed by atoms with Crippen molar-refractivity contribution in [2.24, 2.45) is 4.99 Å². The quantitative estimate of drug-likeness (QED) is 0.845. The summed E-state index contributed by atoms with van der Waals surface area (Å²) in [5.41, 5.74) is 4.21. The maximum atomic E-state index is 12.0. The summed E-state index contributed by atoms with van der Waals surface area (Å²) in [5, 5.41) is 3.43. The Morgan fingerprint density at radius 3 is 2.55 bits per heavy atom. The fourth-order valence-corrected chi connectivity index (χ4v) is 2.95. The number of benzene rings is 2. The van der Waals surface area contributed by atoms with Gasteiger partial charge in [-0.15, -0.1) is 0 Å². The van der Waals surface area contributed by atoms with Crippen molar-refractivity contribution in [3.63, 3.8) is 0 Å². The zero-order chi connectivity index (χ0) is 15.5. The normalized spacial score (nSPS) is 18.0. The number of thioether (sulfide) groups is 1. The van der Waals surface area contributed by atoms with Gasteiger partial charge in [0.05, 0.1) is 10.6 Å². The number of nitrogens with one attached hydrogen (secondary N) is 1. The highest BCUT2D eigenvalue weighted by Crippen LogP contribution is 2.28. The average Bonchev–Trinajstić information content (AvgIpc) is 2.81. The third-order valence-corrected chi connectivity index (χ3v) is 4.17. The molecule has 3 nitrogen and oxygen atoms in total. The standard InChI is InChI=1S/C18H16N2OS/c1-12-6-8-14(9-7-12)11-16-17(21)20-18(22-16)19-15-5-3-4-13(2)10-15/h3-11H,1-2H3,(H,19,20,21)/b16-11+. The largest absolute Gasteiger partial charge is 0.300 e. The minimum absolute atomic E-state index is 0.100. The zero-order valence-electron chi connectivity index (χ0n) is 12.5. The summed E-state index contributed by atoms with van der Waals surface area (Å²) < 4.78 is 0.